The SMILES string of the molecule is COCC(C)(CBr)Cc1ccc2ccccc2c1. The molecule has 0 aliphatic carbocycles. The molecule has 2 rings (SSSR count). The second kappa shape index (κ2) is 5.85. The number of hydrogen-bond donors (Lipinski definition) is 0. The van der Waals surface area contributed by atoms with Gasteiger partial charge in [-0.25, -0.2) is 0 Å². The lowest BCUT2D eigenvalue weighted by Gasteiger charge is -2.26. The van der Waals surface area contributed by atoms with Crippen LogP contribution in [0.5, 0.6) is 0 Å². The van der Waals surface area contributed by atoms with Gasteiger partial charge in [-0.05, 0) is 22.8 Å². The Morgan fingerprint density at radius 2 is 1.83 bits per heavy atom. The van der Waals surface area contributed by atoms with Crippen molar-refractivity contribution >= 4 is 26.7 Å². The molecule has 0 radical (unpaired) electrons. The molecule has 0 saturated heterocycles. The maximum Gasteiger partial charge on any atom is 0.0527 e. The molecule has 0 amide bonds. The van der Waals surface area contributed by atoms with Crippen LogP contribution in [0.2, 0.25) is 0 Å². The van der Waals surface area contributed by atoms with E-state index < -0.39 is 0 Å². The molecule has 2 aromatic rings. The van der Waals surface area contributed by atoms with Crippen molar-refractivity contribution < 1.29 is 4.74 Å². The minimum Gasteiger partial charge on any atom is -0.384 e. The predicted octanol–water partition coefficient (Wildman–Crippen LogP) is 4.43. The molecule has 0 aliphatic heterocycles. The first-order valence-corrected chi connectivity index (χ1v) is 7.32. The first kappa shape index (κ1) is 13.6. The second-order valence-electron chi connectivity index (χ2n) is 5.24. The van der Waals surface area contributed by atoms with Crippen molar-refractivity contribution in [3.05, 3.63) is 48.0 Å². The van der Waals surface area contributed by atoms with Gasteiger partial charge < -0.3 is 4.74 Å². The minimum atomic E-state index is 0.150. The van der Waals surface area contributed by atoms with Crippen LogP contribution in [0.25, 0.3) is 10.8 Å². The summed E-state index contributed by atoms with van der Waals surface area (Å²) in [5, 5.41) is 3.55. The maximum atomic E-state index is 5.33. The summed E-state index contributed by atoms with van der Waals surface area (Å²) in [6.45, 7) is 3.02. The fourth-order valence-electron chi connectivity index (χ4n) is 2.33. The number of methoxy groups -OCH3 is 1. The molecule has 1 unspecified atom stereocenters. The standard InChI is InChI=1S/C16H19BrO/c1-16(11-17,12-18-2)10-13-7-8-14-5-3-4-6-15(14)9-13/h3-9H,10-12H2,1-2H3. The van der Waals surface area contributed by atoms with Crippen molar-refractivity contribution in [2.45, 2.75) is 13.3 Å². The molecular weight excluding hydrogens is 288 g/mol. The van der Waals surface area contributed by atoms with Gasteiger partial charge in [0.05, 0.1) is 6.61 Å². The van der Waals surface area contributed by atoms with Crippen LogP contribution >= 0.6 is 15.9 Å². The highest BCUT2D eigenvalue weighted by Gasteiger charge is 2.23. The number of rotatable bonds is 5. The Morgan fingerprint density at radius 3 is 2.50 bits per heavy atom. The topological polar surface area (TPSA) is 9.23 Å². The van der Waals surface area contributed by atoms with Gasteiger partial charge in [-0.15, -0.1) is 0 Å². The Hall–Kier alpha value is -0.860. The van der Waals surface area contributed by atoms with Gasteiger partial charge in [0.1, 0.15) is 0 Å². The van der Waals surface area contributed by atoms with E-state index in [4.69, 9.17) is 4.74 Å². The van der Waals surface area contributed by atoms with E-state index in [1.54, 1.807) is 7.11 Å². The molecule has 18 heavy (non-hydrogen) atoms. The Balaban J connectivity index is 2.26. The van der Waals surface area contributed by atoms with Gasteiger partial charge in [0.25, 0.3) is 0 Å². The van der Waals surface area contributed by atoms with Crippen LogP contribution in [-0.4, -0.2) is 19.0 Å². The van der Waals surface area contributed by atoms with Crippen molar-refractivity contribution in [2.24, 2.45) is 5.41 Å². The lowest BCUT2D eigenvalue weighted by molar-refractivity contribution is 0.108. The maximum absolute atomic E-state index is 5.33. The number of ether oxygens (including phenoxy) is 1. The lowest BCUT2D eigenvalue weighted by Crippen LogP contribution is -2.27. The molecule has 0 N–H and O–H groups in total. The van der Waals surface area contributed by atoms with Gasteiger partial charge in [-0.2, -0.15) is 0 Å². The zero-order valence-electron chi connectivity index (χ0n) is 10.9. The molecule has 0 aromatic heterocycles. The predicted molar refractivity (Wildman–Crippen MR) is 81.4 cm³/mol. The van der Waals surface area contributed by atoms with Gasteiger partial charge in [0, 0.05) is 17.9 Å². The van der Waals surface area contributed by atoms with Crippen molar-refractivity contribution in [3.63, 3.8) is 0 Å². The minimum absolute atomic E-state index is 0.150. The molecule has 0 aliphatic rings. The Morgan fingerprint density at radius 1 is 1.11 bits per heavy atom. The average molecular weight is 307 g/mol. The smallest absolute Gasteiger partial charge is 0.0527 e. The third kappa shape index (κ3) is 3.12. The Kier molecular flexibility index (Phi) is 4.41. The fraction of sp³-hybridized carbons (Fsp3) is 0.375. The average Bonchev–Trinajstić information content (AvgIpc) is 2.39. The molecule has 0 fully saturated rings. The highest BCUT2D eigenvalue weighted by Crippen LogP contribution is 2.27. The van der Waals surface area contributed by atoms with Crippen LogP contribution in [0, 0.1) is 5.41 Å². The summed E-state index contributed by atoms with van der Waals surface area (Å²) in [6, 6.07) is 15.2. The van der Waals surface area contributed by atoms with E-state index in [9.17, 15) is 0 Å². The largest absolute Gasteiger partial charge is 0.384 e. The lowest BCUT2D eigenvalue weighted by atomic mass is 9.86. The molecule has 2 heteroatoms. The van der Waals surface area contributed by atoms with E-state index in [1.165, 1.54) is 16.3 Å². The van der Waals surface area contributed by atoms with Crippen LogP contribution in [0.1, 0.15) is 12.5 Å². The van der Waals surface area contributed by atoms with Gasteiger partial charge >= 0.3 is 0 Å². The summed E-state index contributed by atoms with van der Waals surface area (Å²) in [5.41, 5.74) is 1.52. The van der Waals surface area contributed by atoms with E-state index >= 15 is 0 Å². The quantitative estimate of drug-likeness (QED) is 0.743. The van der Waals surface area contributed by atoms with E-state index in [0.29, 0.717) is 0 Å². The number of alkyl halides is 1. The van der Waals surface area contributed by atoms with Crippen LogP contribution < -0.4 is 0 Å². The molecule has 2 aromatic carbocycles. The van der Waals surface area contributed by atoms with Crippen molar-refractivity contribution in [2.75, 3.05) is 19.0 Å². The van der Waals surface area contributed by atoms with Gasteiger partial charge in [0.15, 0.2) is 0 Å². The summed E-state index contributed by atoms with van der Waals surface area (Å²) in [5.74, 6) is 0. The number of benzene rings is 2. The Labute approximate surface area is 117 Å². The zero-order valence-corrected chi connectivity index (χ0v) is 12.5. The highest BCUT2D eigenvalue weighted by molar-refractivity contribution is 9.09. The zero-order chi connectivity index (χ0) is 13.0. The van der Waals surface area contributed by atoms with Crippen LogP contribution in [0.15, 0.2) is 42.5 Å². The number of fused-ring (bicyclic) bond motifs is 1. The third-order valence-electron chi connectivity index (χ3n) is 3.26. The van der Waals surface area contributed by atoms with Crippen LogP contribution in [-0.2, 0) is 11.2 Å². The van der Waals surface area contributed by atoms with E-state index in [2.05, 4.69) is 65.3 Å². The molecule has 0 saturated carbocycles. The molecule has 0 spiro atoms. The number of hydrogen-bond acceptors (Lipinski definition) is 1. The van der Waals surface area contributed by atoms with Crippen molar-refractivity contribution in [3.8, 4) is 0 Å². The monoisotopic (exact) mass is 306 g/mol. The highest BCUT2D eigenvalue weighted by atomic mass is 79.9. The summed E-state index contributed by atoms with van der Waals surface area (Å²) < 4.78 is 5.33. The van der Waals surface area contributed by atoms with Crippen molar-refractivity contribution in [1.29, 1.82) is 0 Å². The summed E-state index contributed by atoms with van der Waals surface area (Å²) >= 11 is 3.60. The molecular formula is C16H19BrO. The van der Waals surface area contributed by atoms with Gasteiger partial charge in [-0.3, -0.25) is 0 Å². The summed E-state index contributed by atoms with van der Waals surface area (Å²) in [7, 11) is 1.77. The molecule has 0 bridgehead atoms. The third-order valence-corrected chi connectivity index (χ3v) is 4.61. The van der Waals surface area contributed by atoms with E-state index in [-0.39, 0.29) is 5.41 Å². The molecule has 1 nitrogen and oxygen atoms in total. The number of halogens is 1. The molecule has 1 atom stereocenters. The van der Waals surface area contributed by atoms with Gasteiger partial charge in [0.2, 0.25) is 0 Å². The van der Waals surface area contributed by atoms with Crippen LogP contribution in [0.3, 0.4) is 0 Å². The van der Waals surface area contributed by atoms with Crippen molar-refractivity contribution in [1.82, 2.24) is 0 Å². The van der Waals surface area contributed by atoms with E-state index in [1.807, 2.05) is 0 Å². The van der Waals surface area contributed by atoms with Crippen LogP contribution in [0.4, 0.5) is 0 Å². The normalized spacial score (nSPS) is 14.6. The Bertz CT molecular complexity index is 523. The van der Waals surface area contributed by atoms with E-state index in [0.717, 1.165) is 18.4 Å². The molecule has 96 valence electrons. The fourth-order valence-corrected chi connectivity index (χ4v) is 2.69. The summed E-state index contributed by atoms with van der Waals surface area (Å²) in [4.78, 5) is 0. The first-order valence-electron chi connectivity index (χ1n) is 6.19. The molecule has 0 heterocycles. The first-order chi connectivity index (χ1) is 8.67. The van der Waals surface area contributed by atoms with Gasteiger partial charge in [-0.1, -0.05) is 65.3 Å². The summed E-state index contributed by atoms with van der Waals surface area (Å²) in [6.07, 6.45) is 1.02. The second-order valence-corrected chi connectivity index (χ2v) is 5.80.